The zero-order chi connectivity index (χ0) is 18.1. The van der Waals surface area contributed by atoms with Crippen LogP contribution < -0.4 is 0 Å². The molecule has 112 valence electrons. The first-order valence-corrected chi connectivity index (χ1v) is 5.72. The van der Waals surface area contributed by atoms with Crippen molar-refractivity contribution in [3.63, 3.8) is 0 Å². The van der Waals surface area contributed by atoms with Crippen LogP contribution in [0.2, 0.25) is 0 Å². The predicted molar refractivity (Wildman–Crippen MR) is 62.8 cm³/mol. The van der Waals surface area contributed by atoms with Crippen molar-refractivity contribution in [2.24, 2.45) is 5.92 Å². The molecule has 21 heavy (non-hydrogen) atoms. The summed E-state index contributed by atoms with van der Waals surface area (Å²) < 4.78 is 43.6. The van der Waals surface area contributed by atoms with Crippen LogP contribution in [0.1, 0.15) is 25.7 Å². The summed E-state index contributed by atoms with van der Waals surface area (Å²) >= 11 is 2.93. The van der Waals surface area contributed by atoms with Crippen molar-refractivity contribution in [3.8, 4) is 0 Å². The van der Waals surface area contributed by atoms with Crippen LogP contribution in [0, 0.1) is 39.2 Å². The molecule has 7 heteroatoms. The van der Waals surface area contributed by atoms with Gasteiger partial charge in [-0.15, -0.1) is 0 Å². The van der Waals surface area contributed by atoms with E-state index in [1.165, 1.54) is 19.3 Å². The van der Waals surface area contributed by atoms with Gasteiger partial charge < -0.3 is 0 Å². The molecule has 0 fully saturated rings. The maximum absolute atomic E-state index is 7.50. The number of ether oxygens (including phenoxy) is 1. The first-order chi connectivity index (χ1) is 10.3. The molecule has 0 heterocycles. The predicted octanol–water partition coefficient (Wildman–Crippen LogP) is 1.87. The molecule has 0 saturated heterocycles. The molecule has 0 radical (unpaired) electrons. The molecular formula is C14H14CrO6. The van der Waals surface area contributed by atoms with Crippen LogP contribution >= 0.6 is 0 Å². The van der Waals surface area contributed by atoms with Gasteiger partial charge in [-0.05, 0) is 0 Å². The van der Waals surface area contributed by atoms with E-state index >= 15 is 0 Å². The van der Waals surface area contributed by atoms with Gasteiger partial charge in [-0.1, -0.05) is 0 Å². The Labute approximate surface area is 133 Å². The van der Waals surface area contributed by atoms with Gasteiger partial charge in [0.25, 0.3) is 0 Å². The van der Waals surface area contributed by atoms with Crippen molar-refractivity contribution in [3.05, 3.63) is 45.4 Å². The van der Waals surface area contributed by atoms with Crippen LogP contribution in [0.3, 0.4) is 0 Å². The summed E-state index contributed by atoms with van der Waals surface area (Å²) in [5.74, 6) is 0.708. The van der Waals surface area contributed by atoms with Crippen LogP contribution in [-0.2, 0) is 43.8 Å². The number of rotatable bonds is 3. The first-order valence-electron chi connectivity index (χ1n) is 5.08. The maximum atomic E-state index is 7.50. The second kappa shape index (κ2) is 42.8. The van der Waals surface area contributed by atoms with Gasteiger partial charge in [-0.3, -0.25) is 0 Å². The zero-order valence-electron chi connectivity index (χ0n) is 11.4. The van der Waals surface area contributed by atoms with Crippen molar-refractivity contribution in [2.45, 2.75) is 25.7 Å². The van der Waals surface area contributed by atoms with Crippen LogP contribution in [0.15, 0.2) is 12.2 Å². The monoisotopic (exact) mass is 330 g/mol. The Morgan fingerprint density at radius 1 is 1.05 bits per heavy atom. The molecule has 0 spiro atoms. The summed E-state index contributed by atoms with van der Waals surface area (Å²) in [6.45, 7) is 22.5. The molecule has 0 saturated carbocycles. The third-order valence-electron chi connectivity index (χ3n) is 2.01. The standard InChI is InChI=1S/C9H14O.5CO.Cr/c1-10-8-7-9-5-3-2-4-6-9;5*1-2;/h3,5,9H,2,4,6-7H2,1H3;;;;;;. The van der Waals surface area contributed by atoms with Gasteiger partial charge in [0.2, 0.25) is 0 Å². The van der Waals surface area contributed by atoms with Gasteiger partial charge >= 0.3 is 133 Å². The minimum atomic E-state index is 0.708. The fourth-order valence-electron chi connectivity index (χ4n) is 1.35. The molecule has 1 atom stereocenters. The van der Waals surface area contributed by atoms with E-state index in [1.807, 2.05) is 0 Å². The van der Waals surface area contributed by atoms with E-state index in [-0.39, 0.29) is 0 Å². The number of hydrogen-bond donors (Lipinski definition) is 0. The fourth-order valence-corrected chi connectivity index (χ4v) is 1.68. The number of allylic oxidation sites excluding steroid dienone is 2. The van der Waals surface area contributed by atoms with Crippen LogP contribution in [0.5, 0.6) is 0 Å². The average molecular weight is 330 g/mol. The van der Waals surface area contributed by atoms with Crippen molar-refractivity contribution < 1.29 is 43.8 Å². The average Bonchev–Trinajstić information content (AvgIpc) is 2.64. The van der Waals surface area contributed by atoms with Crippen molar-refractivity contribution in [1.29, 1.82) is 0 Å². The molecule has 0 aromatic rings. The Hall–Kier alpha value is -1.20. The van der Waals surface area contributed by atoms with Crippen molar-refractivity contribution in [2.75, 3.05) is 7.11 Å². The molecule has 1 rings (SSSR count). The molecule has 0 aromatic heterocycles. The second-order valence-electron chi connectivity index (χ2n) is 2.90. The van der Waals surface area contributed by atoms with Crippen LogP contribution in [0.25, 0.3) is 0 Å². The molecule has 1 aliphatic rings. The number of hydrogen-bond acceptors (Lipinski definition) is 1. The van der Waals surface area contributed by atoms with Crippen LogP contribution in [0.4, 0.5) is 0 Å². The number of methoxy groups -OCH3 is 1. The summed E-state index contributed by atoms with van der Waals surface area (Å²) in [4.78, 5) is 0. The summed E-state index contributed by atoms with van der Waals surface area (Å²) in [6.07, 6.45) is 9.53. The Kier molecular flexibility index (Phi) is 65.1. The van der Waals surface area contributed by atoms with Crippen LogP contribution in [-0.4, -0.2) is 11.7 Å². The van der Waals surface area contributed by atoms with E-state index in [0.29, 0.717) is 5.92 Å². The van der Waals surface area contributed by atoms with Gasteiger partial charge in [-0.25, -0.2) is 0 Å². The molecular weight excluding hydrogens is 316 g/mol. The summed E-state index contributed by atoms with van der Waals surface area (Å²) in [5, 5.41) is 0. The Morgan fingerprint density at radius 2 is 1.48 bits per heavy atom. The zero-order valence-corrected chi connectivity index (χ0v) is 12.7. The van der Waals surface area contributed by atoms with Crippen molar-refractivity contribution >= 4 is 4.57 Å². The molecule has 0 amide bonds. The summed E-state index contributed by atoms with van der Waals surface area (Å²) in [7, 11) is 1.72. The molecule has 1 aliphatic carbocycles. The Bertz CT molecular complexity index is 303. The molecule has 0 aliphatic heterocycles. The van der Waals surface area contributed by atoms with Gasteiger partial charge in [-0.2, -0.15) is 0 Å². The second-order valence-corrected chi connectivity index (χ2v) is 3.61. The normalized spacial score (nSPS) is 12.8. The molecule has 0 bridgehead atoms. The van der Waals surface area contributed by atoms with E-state index in [1.54, 1.807) is 7.11 Å². The van der Waals surface area contributed by atoms with Crippen molar-refractivity contribution in [1.82, 2.24) is 0 Å². The van der Waals surface area contributed by atoms with Gasteiger partial charge in [0.1, 0.15) is 0 Å². The van der Waals surface area contributed by atoms with E-state index in [2.05, 4.69) is 61.3 Å². The summed E-state index contributed by atoms with van der Waals surface area (Å²) in [6, 6.07) is 0. The van der Waals surface area contributed by atoms with Gasteiger partial charge in [0.05, 0.1) is 0 Å². The first kappa shape index (κ1) is 32.0. The van der Waals surface area contributed by atoms with Gasteiger partial charge in [0.15, 0.2) is 0 Å². The van der Waals surface area contributed by atoms with Gasteiger partial charge in [0, 0.05) is 0 Å². The molecule has 0 N–H and O–H groups in total. The Morgan fingerprint density at radius 3 is 1.76 bits per heavy atom. The van der Waals surface area contributed by atoms with E-state index in [4.69, 9.17) is 28.0 Å². The third-order valence-corrected chi connectivity index (χ3v) is 2.53. The minimum absolute atomic E-state index is 0.708. The van der Waals surface area contributed by atoms with E-state index in [0.717, 1.165) is 11.0 Å². The molecule has 1 unspecified atom stereocenters. The Balaban J connectivity index is -0.0000000727. The van der Waals surface area contributed by atoms with E-state index < -0.39 is 0 Å². The SMILES string of the molecule is CO[C](=[Cr])CC1C=CCCC1.[C-]#[O+].[C-]#[O+].[C-]#[O+].[C-]#[O+].[C-]#[O+]. The fraction of sp³-hybridized carbons (Fsp3) is 0.429. The topological polar surface area (TPSA) is 109 Å². The molecule has 0 aromatic carbocycles. The third kappa shape index (κ3) is 32.4. The van der Waals surface area contributed by atoms with E-state index in [9.17, 15) is 0 Å². The quantitative estimate of drug-likeness (QED) is 0.439. The summed E-state index contributed by atoms with van der Waals surface area (Å²) in [5.41, 5.74) is 0. The molecule has 6 nitrogen and oxygen atoms in total.